The Morgan fingerprint density at radius 2 is 1.78 bits per heavy atom. The minimum absolute atomic E-state index is 0.559. The zero-order valence-corrected chi connectivity index (χ0v) is 13.1. The summed E-state index contributed by atoms with van der Waals surface area (Å²) in [5, 5.41) is 3.52. The highest BCUT2D eigenvalue weighted by molar-refractivity contribution is 4.86. The lowest BCUT2D eigenvalue weighted by molar-refractivity contribution is 0.0734. The lowest BCUT2D eigenvalue weighted by Gasteiger charge is -2.43. The van der Waals surface area contributed by atoms with E-state index in [9.17, 15) is 0 Å². The summed E-state index contributed by atoms with van der Waals surface area (Å²) in [6.45, 7) is 16.2. The summed E-state index contributed by atoms with van der Waals surface area (Å²) in [6.07, 6.45) is 2.73. The van der Waals surface area contributed by atoms with E-state index in [4.69, 9.17) is 0 Å². The Hall–Kier alpha value is -0.120. The fourth-order valence-corrected chi connectivity index (χ4v) is 3.01. The van der Waals surface area contributed by atoms with Crippen molar-refractivity contribution >= 4 is 0 Å². The van der Waals surface area contributed by atoms with Crippen LogP contribution >= 0.6 is 0 Å². The molecule has 1 unspecified atom stereocenters. The summed E-state index contributed by atoms with van der Waals surface area (Å²) in [5.41, 5.74) is 0.559. The molecule has 2 saturated heterocycles. The fourth-order valence-electron chi connectivity index (χ4n) is 3.01. The van der Waals surface area contributed by atoms with Crippen molar-refractivity contribution in [2.75, 3.05) is 46.3 Å². The zero-order valence-electron chi connectivity index (χ0n) is 13.1. The number of hydrogen-bond acceptors (Lipinski definition) is 3. The molecule has 3 nitrogen and oxygen atoms in total. The van der Waals surface area contributed by atoms with Crippen molar-refractivity contribution in [2.24, 2.45) is 5.41 Å². The molecule has 0 bridgehead atoms. The minimum Gasteiger partial charge on any atom is -0.312 e. The Kier molecular flexibility index (Phi) is 6.61. The van der Waals surface area contributed by atoms with Gasteiger partial charge in [-0.15, -0.1) is 0 Å². The molecule has 0 aromatic heterocycles. The number of piperidine rings is 1. The Balaban J connectivity index is 0.000000771. The Labute approximate surface area is 114 Å². The van der Waals surface area contributed by atoms with E-state index in [2.05, 4.69) is 36.0 Å². The maximum absolute atomic E-state index is 3.52. The van der Waals surface area contributed by atoms with Crippen LogP contribution in [0.1, 0.15) is 40.5 Å². The smallest absolute Gasteiger partial charge is 0.0167 e. The summed E-state index contributed by atoms with van der Waals surface area (Å²) >= 11 is 0. The number of hydrogen-bond donors (Lipinski definition) is 1. The third-order valence-electron chi connectivity index (χ3n) is 4.25. The van der Waals surface area contributed by atoms with E-state index in [0.29, 0.717) is 11.5 Å². The topological polar surface area (TPSA) is 18.5 Å². The third-order valence-corrected chi connectivity index (χ3v) is 4.25. The van der Waals surface area contributed by atoms with Crippen LogP contribution in [0.4, 0.5) is 0 Å². The van der Waals surface area contributed by atoms with Gasteiger partial charge >= 0.3 is 0 Å². The van der Waals surface area contributed by atoms with Gasteiger partial charge in [0.15, 0.2) is 0 Å². The zero-order chi connectivity index (χ0) is 13.6. The second-order valence-corrected chi connectivity index (χ2v) is 6.20. The largest absolute Gasteiger partial charge is 0.312 e. The first kappa shape index (κ1) is 15.9. The van der Waals surface area contributed by atoms with Crippen LogP contribution in [0.15, 0.2) is 0 Å². The quantitative estimate of drug-likeness (QED) is 0.814. The summed E-state index contributed by atoms with van der Waals surface area (Å²) < 4.78 is 0. The highest BCUT2D eigenvalue weighted by Crippen LogP contribution is 2.31. The summed E-state index contributed by atoms with van der Waals surface area (Å²) in [6, 6.07) is 0.670. The molecule has 2 rings (SSSR count). The lowest BCUT2D eigenvalue weighted by Crippen LogP contribution is -2.53. The normalized spacial score (nSPS) is 29.5. The van der Waals surface area contributed by atoms with Crippen molar-refractivity contribution < 1.29 is 0 Å². The maximum atomic E-state index is 3.52. The number of likely N-dealkylation sites (tertiary alicyclic amines) is 1. The van der Waals surface area contributed by atoms with Crippen LogP contribution in [0.25, 0.3) is 0 Å². The van der Waals surface area contributed by atoms with Crippen molar-refractivity contribution in [3.63, 3.8) is 0 Å². The van der Waals surface area contributed by atoms with Crippen molar-refractivity contribution in [3.05, 3.63) is 0 Å². The molecule has 18 heavy (non-hydrogen) atoms. The second-order valence-electron chi connectivity index (χ2n) is 6.20. The van der Waals surface area contributed by atoms with E-state index in [0.717, 1.165) is 6.54 Å². The van der Waals surface area contributed by atoms with Crippen molar-refractivity contribution in [1.29, 1.82) is 0 Å². The van der Waals surface area contributed by atoms with Gasteiger partial charge in [-0.05, 0) is 45.3 Å². The maximum Gasteiger partial charge on any atom is 0.0167 e. The molecule has 2 aliphatic rings. The molecule has 1 atom stereocenters. The predicted octanol–water partition coefficient (Wildman–Crippen LogP) is 2.04. The number of piperazine rings is 1. The van der Waals surface area contributed by atoms with E-state index in [1.54, 1.807) is 0 Å². The van der Waals surface area contributed by atoms with E-state index in [1.807, 2.05) is 13.8 Å². The van der Waals surface area contributed by atoms with Crippen LogP contribution in [-0.4, -0.2) is 62.2 Å². The van der Waals surface area contributed by atoms with Gasteiger partial charge in [0.25, 0.3) is 0 Å². The van der Waals surface area contributed by atoms with E-state index >= 15 is 0 Å². The monoisotopic (exact) mass is 255 g/mol. The average molecular weight is 255 g/mol. The Bertz CT molecular complexity index is 222. The Morgan fingerprint density at radius 3 is 2.33 bits per heavy atom. The van der Waals surface area contributed by atoms with Gasteiger partial charge in [0, 0.05) is 32.2 Å². The number of nitrogens with one attached hydrogen (secondary N) is 1. The molecule has 1 N–H and O–H groups in total. The van der Waals surface area contributed by atoms with Gasteiger partial charge in [-0.2, -0.15) is 0 Å². The van der Waals surface area contributed by atoms with Crippen LogP contribution in [0.5, 0.6) is 0 Å². The molecular weight excluding hydrogens is 222 g/mol. The third kappa shape index (κ3) is 4.87. The van der Waals surface area contributed by atoms with Gasteiger partial charge in [0.2, 0.25) is 0 Å². The average Bonchev–Trinajstić information content (AvgIpc) is 2.36. The fraction of sp³-hybridized carbons (Fsp3) is 1.00. The molecule has 0 aliphatic carbocycles. The minimum atomic E-state index is 0.559. The van der Waals surface area contributed by atoms with E-state index in [-0.39, 0.29) is 0 Å². The van der Waals surface area contributed by atoms with Gasteiger partial charge in [0.1, 0.15) is 0 Å². The second kappa shape index (κ2) is 7.46. The van der Waals surface area contributed by atoms with Crippen LogP contribution in [0, 0.1) is 5.41 Å². The highest BCUT2D eigenvalue weighted by Gasteiger charge is 2.31. The van der Waals surface area contributed by atoms with E-state index < -0.39 is 0 Å². The summed E-state index contributed by atoms with van der Waals surface area (Å²) in [7, 11) is 2.24. The predicted molar refractivity (Wildman–Crippen MR) is 80.1 cm³/mol. The molecule has 2 fully saturated rings. The number of nitrogens with zero attached hydrogens (tertiary/aromatic N) is 2. The van der Waals surface area contributed by atoms with Crippen molar-refractivity contribution in [1.82, 2.24) is 15.1 Å². The molecule has 0 spiro atoms. The summed E-state index contributed by atoms with van der Waals surface area (Å²) in [5.74, 6) is 0. The van der Waals surface area contributed by atoms with Gasteiger partial charge in [-0.25, -0.2) is 0 Å². The molecule has 0 amide bonds. The molecular formula is C15H33N3. The molecule has 0 radical (unpaired) electrons. The highest BCUT2D eigenvalue weighted by atomic mass is 15.2. The molecule has 2 heterocycles. The molecule has 0 aromatic rings. The van der Waals surface area contributed by atoms with E-state index in [1.165, 1.54) is 45.6 Å². The van der Waals surface area contributed by atoms with Crippen LogP contribution in [0.3, 0.4) is 0 Å². The number of rotatable bonds is 2. The molecule has 2 aliphatic heterocycles. The van der Waals surface area contributed by atoms with Gasteiger partial charge in [-0.1, -0.05) is 20.8 Å². The standard InChI is InChI=1S/C13H27N3.C2H6/c1-12-10-16(9-6-14-12)11-13(2)4-7-15(3)8-5-13;1-2/h12,14H,4-11H2,1-3H3;1-2H3. The molecule has 0 saturated carbocycles. The van der Waals surface area contributed by atoms with Crippen LogP contribution < -0.4 is 5.32 Å². The lowest BCUT2D eigenvalue weighted by atomic mass is 9.80. The first-order chi connectivity index (χ1) is 8.57. The van der Waals surface area contributed by atoms with Crippen LogP contribution in [-0.2, 0) is 0 Å². The van der Waals surface area contributed by atoms with Crippen molar-refractivity contribution in [2.45, 2.75) is 46.6 Å². The SMILES string of the molecule is CC.CC1CN(CC2(C)CCN(C)CC2)CCN1. The first-order valence-corrected chi connectivity index (χ1v) is 7.72. The molecule has 0 aromatic carbocycles. The molecule has 3 heteroatoms. The molecule has 108 valence electrons. The van der Waals surface area contributed by atoms with Gasteiger partial charge in [0.05, 0.1) is 0 Å². The van der Waals surface area contributed by atoms with Crippen LogP contribution in [0.2, 0.25) is 0 Å². The van der Waals surface area contributed by atoms with Gasteiger partial charge < -0.3 is 10.2 Å². The Morgan fingerprint density at radius 1 is 1.17 bits per heavy atom. The van der Waals surface area contributed by atoms with Crippen molar-refractivity contribution in [3.8, 4) is 0 Å². The van der Waals surface area contributed by atoms with Gasteiger partial charge in [-0.3, -0.25) is 4.90 Å². The summed E-state index contributed by atoms with van der Waals surface area (Å²) in [4.78, 5) is 5.12. The first-order valence-electron chi connectivity index (χ1n) is 7.72.